The summed E-state index contributed by atoms with van der Waals surface area (Å²) in [5.41, 5.74) is 2.88. The monoisotopic (exact) mass is 941 g/mol. The van der Waals surface area contributed by atoms with Crippen molar-refractivity contribution >= 4 is 57.7 Å². The molecule has 2 N–H and O–H groups in total. The Morgan fingerprint density at radius 1 is 0.838 bits per heavy atom. The Kier molecular flexibility index (Phi) is 14.3. The Labute approximate surface area is 403 Å². The second-order valence-corrected chi connectivity index (χ2v) is 18.6. The molecule has 0 aliphatic carbocycles. The number of ether oxygens (including phenoxy) is 2. The number of benzene rings is 5. The maximum absolute atomic E-state index is 14.5. The summed E-state index contributed by atoms with van der Waals surface area (Å²) in [6, 6.07) is 47.4. The van der Waals surface area contributed by atoms with E-state index in [0.29, 0.717) is 10.7 Å². The Morgan fingerprint density at radius 2 is 1.37 bits per heavy atom. The molecular formula is C54H47N5O7S2. The van der Waals surface area contributed by atoms with Crippen LogP contribution in [0.1, 0.15) is 60.4 Å². The van der Waals surface area contributed by atoms with Crippen LogP contribution in [0.5, 0.6) is 0 Å². The van der Waals surface area contributed by atoms with Gasteiger partial charge < -0.3 is 24.9 Å². The van der Waals surface area contributed by atoms with E-state index in [0.717, 1.165) is 27.8 Å². The number of nitrogens with zero attached hydrogens (tertiary/aromatic N) is 3. The molecule has 0 radical (unpaired) electrons. The van der Waals surface area contributed by atoms with E-state index in [9.17, 15) is 19.2 Å². The first-order valence-electron chi connectivity index (χ1n) is 21.7. The van der Waals surface area contributed by atoms with Crippen molar-refractivity contribution in [3.05, 3.63) is 214 Å². The van der Waals surface area contributed by atoms with Gasteiger partial charge in [-0.15, -0.1) is 29.5 Å². The van der Waals surface area contributed by atoms with Crippen molar-refractivity contribution < 1.29 is 33.5 Å². The summed E-state index contributed by atoms with van der Waals surface area (Å²) in [5, 5.41) is 12.0. The van der Waals surface area contributed by atoms with Crippen molar-refractivity contribution in [1.29, 1.82) is 0 Å². The molecule has 0 saturated carbocycles. The highest BCUT2D eigenvalue weighted by Crippen LogP contribution is 2.43. The van der Waals surface area contributed by atoms with E-state index in [-0.39, 0.29) is 22.9 Å². The van der Waals surface area contributed by atoms with Gasteiger partial charge in [0.1, 0.15) is 33.9 Å². The first kappa shape index (κ1) is 46.8. The minimum atomic E-state index is -1.10. The van der Waals surface area contributed by atoms with Gasteiger partial charge in [-0.2, -0.15) is 0 Å². The lowest BCUT2D eigenvalue weighted by atomic mass is 9.77. The molecule has 0 unspecified atom stereocenters. The standard InChI is InChI=1S/C54H47N5O7S2/c1-5-6-22-38-34-67-50-45(49(62)59(50)46(38)51(63)65-47(36-23-12-7-13-24-36)37-25-14-8-15-26-37)56-48(61)44(58-64-33-43(60)66-53(2,3)4)42-35-68-52(55-42)57-54(39-27-16-9-17-28-39,40-29-18-10-19-30-40)41-31-20-11-21-32-41/h1,6-32,35,45,47,50H,33-34H2,2-4H3,(H,55,57)(H,56,61)/b22-6-,58-44-/t45-,50-/m1/s1. The average molecular weight is 942 g/mol. The largest absolute Gasteiger partial charge is 0.457 e. The smallest absolute Gasteiger partial charge is 0.356 e. The van der Waals surface area contributed by atoms with Crippen LogP contribution in [0.2, 0.25) is 0 Å². The lowest BCUT2D eigenvalue weighted by Crippen LogP contribution is -2.71. The third-order valence-electron chi connectivity index (χ3n) is 10.9. The fourth-order valence-corrected chi connectivity index (χ4v) is 10.0. The zero-order valence-corrected chi connectivity index (χ0v) is 39.0. The molecule has 1 saturated heterocycles. The molecule has 2 atom stereocenters. The van der Waals surface area contributed by atoms with Crippen LogP contribution in [-0.4, -0.2) is 68.7 Å². The zero-order chi connectivity index (χ0) is 47.7. The molecule has 3 heterocycles. The lowest BCUT2D eigenvalue weighted by molar-refractivity contribution is -0.160. The number of esters is 2. The molecule has 5 aromatic carbocycles. The molecular weight excluding hydrogens is 895 g/mol. The van der Waals surface area contributed by atoms with Gasteiger partial charge in [0.2, 0.25) is 6.61 Å². The van der Waals surface area contributed by atoms with Gasteiger partial charge in [0.15, 0.2) is 16.9 Å². The molecule has 2 amide bonds. The molecule has 1 fully saturated rings. The van der Waals surface area contributed by atoms with E-state index in [1.807, 2.05) is 152 Å². The number of thioether (sulfide) groups is 1. The third-order valence-corrected chi connectivity index (χ3v) is 13.0. The predicted molar refractivity (Wildman–Crippen MR) is 264 cm³/mol. The van der Waals surface area contributed by atoms with Crippen LogP contribution in [0, 0.1) is 12.3 Å². The summed E-state index contributed by atoms with van der Waals surface area (Å²) < 4.78 is 11.6. The highest BCUT2D eigenvalue weighted by atomic mass is 32.2. The predicted octanol–water partition coefficient (Wildman–Crippen LogP) is 8.79. The molecule has 0 bridgehead atoms. The molecule has 342 valence electrons. The summed E-state index contributed by atoms with van der Waals surface area (Å²) in [4.78, 5) is 67.6. The van der Waals surface area contributed by atoms with E-state index >= 15 is 0 Å². The van der Waals surface area contributed by atoms with E-state index in [2.05, 4.69) is 21.7 Å². The van der Waals surface area contributed by atoms with Crippen molar-refractivity contribution in [3.8, 4) is 12.3 Å². The summed E-state index contributed by atoms with van der Waals surface area (Å²) in [5.74, 6) is -0.0628. The quantitative estimate of drug-likeness (QED) is 0.0241. The number of anilines is 1. The SMILES string of the molecule is C#C/C=C\C1=C(C(=O)OC(c2ccccc2)c2ccccc2)N2C(=O)[C@@H](NC(=O)/C(=N\OCC(=O)OC(C)(C)C)c3csc(NC(c4ccccc4)(c4ccccc4)c4ccccc4)n3)[C@H]2SC1. The lowest BCUT2D eigenvalue weighted by Gasteiger charge is -2.49. The number of thiazole rings is 1. The zero-order valence-electron chi connectivity index (χ0n) is 37.4. The number of oxime groups is 1. The van der Waals surface area contributed by atoms with E-state index in [4.69, 9.17) is 25.7 Å². The second kappa shape index (κ2) is 20.8. The van der Waals surface area contributed by atoms with Gasteiger partial charge in [0.25, 0.3) is 11.8 Å². The van der Waals surface area contributed by atoms with Gasteiger partial charge in [-0.25, -0.2) is 14.6 Å². The van der Waals surface area contributed by atoms with E-state index in [1.54, 1.807) is 32.2 Å². The van der Waals surface area contributed by atoms with Gasteiger partial charge in [0.05, 0.1) is 0 Å². The van der Waals surface area contributed by atoms with Gasteiger partial charge in [0, 0.05) is 11.1 Å². The van der Waals surface area contributed by atoms with Crippen LogP contribution in [0.4, 0.5) is 5.13 Å². The molecule has 2 aliphatic rings. The van der Waals surface area contributed by atoms with Crippen LogP contribution in [-0.2, 0) is 39.0 Å². The molecule has 2 aliphatic heterocycles. The van der Waals surface area contributed by atoms with Crippen molar-refractivity contribution in [2.45, 2.75) is 49.4 Å². The normalized spacial score (nSPS) is 16.1. The van der Waals surface area contributed by atoms with Crippen molar-refractivity contribution in [2.24, 2.45) is 5.16 Å². The third kappa shape index (κ3) is 10.3. The number of hydrogen-bond donors (Lipinski definition) is 2. The summed E-state index contributed by atoms with van der Waals surface area (Å²) >= 11 is 2.58. The minimum Gasteiger partial charge on any atom is -0.457 e. The maximum atomic E-state index is 14.5. The first-order valence-corrected chi connectivity index (χ1v) is 23.6. The van der Waals surface area contributed by atoms with Crippen molar-refractivity contribution in [3.63, 3.8) is 0 Å². The number of fused-ring (bicyclic) bond motifs is 1. The number of allylic oxidation sites excluding steroid dienone is 2. The first-order chi connectivity index (χ1) is 33.0. The second-order valence-electron chi connectivity index (χ2n) is 16.7. The average Bonchev–Trinajstić information content (AvgIpc) is 3.82. The Hall–Kier alpha value is -7.73. The van der Waals surface area contributed by atoms with Crippen LogP contribution < -0.4 is 10.6 Å². The molecule has 12 nitrogen and oxygen atoms in total. The van der Waals surface area contributed by atoms with Crippen molar-refractivity contribution in [1.82, 2.24) is 15.2 Å². The molecule has 6 aromatic rings. The van der Waals surface area contributed by atoms with Gasteiger partial charge >= 0.3 is 11.9 Å². The number of rotatable bonds is 16. The van der Waals surface area contributed by atoms with Gasteiger partial charge in [-0.1, -0.05) is 163 Å². The van der Waals surface area contributed by atoms with E-state index in [1.165, 1.54) is 34.1 Å². The molecule has 8 rings (SSSR count). The maximum Gasteiger partial charge on any atom is 0.356 e. The molecule has 0 spiro atoms. The topological polar surface area (TPSA) is 149 Å². The number of amides is 2. The fourth-order valence-electron chi connectivity index (χ4n) is 7.97. The highest BCUT2D eigenvalue weighted by Gasteiger charge is 2.55. The molecule has 14 heteroatoms. The van der Waals surface area contributed by atoms with E-state index < -0.39 is 59.0 Å². The number of hydrogen-bond acceptors (Lipinski definition) is 12. The number of carbonyl (C=O) groups excluding carboxylic acids is 4. The minimum absolute atomic E-state index is 0.0242. The number of nitrogens with one attached hydrogen (secondary N) is 2. The summed E-state index contributed by atoms with van der Waals surface area (Å²) in [6.07, 6.45) is 7.86. The van der Waals surface area contributed by atoms with Crippen molar-refractivity contribution in [2.75, 3.05) is 17.7 Å². The fraction of sp³-hybridized carbons (Fsp3) is 0.185. The summed E-state index contributed by atoms with van der Waals surface area (Å²) in [6.45, 7) is 4.56. The Bertz CT molecular complexity index is 2760. The van der Waals surface area contributed by atoms with Crippen LogP contribution in [0.3, 0.4) is 0 Å². The number of β-lactam (4-membered cyclic amide) rings is 1. The summed E-state index contributed by atoms with van der Waals surface area (Å²) in [7, 11) is 0. The van der Waals surface area contributed by atoms with Crippen LogP contribution in [0.15, 0.2) is 186 Å². The number of terminal acetylenes is 1. The molecule has 1 aromatic heterocycles. The number of carbonyl (C=O) groups is 4. The molecule has 68 heavy (non-hydrogen) atoms. The number of aromatic nitrogens is 1. The van der Waals surface area contributed by atoms with Gasteiger partial charge in [-0.3, -0.25) is 14.5 Å². The Balaban J connectivity index is 1.09. The highest BCUT2D eigenvalue weighted by molar-refractivity contribution is 8.00. The van der Waals surface area contributed by atoms with Crippen LogP contribution in [0.25, 0.3) is 0 Å². The van der Waals surface area contributed by atoms with Crippen LogP contribution >= 0.6 is 23.1 Å². The van der Waals surface area contributed by atoms with Gasteiger partial charge in [-0.05, 0) is 66.3 Å². The Morgan fingerprint density at radius 3 is 1.88 bits per heavy atom.